The van der Waals surface area contributed by atoms with E-state index in [0.29, 0.717) is 5.75 Å². The Labute approximate surface area is 113 Å². The summed E-state index contributed by atoms with van der Waals surface area (Å²) < 4.78 is 5.15. The minimum atomic E-state index is -0.495. The van der Waals surface area contributed by atoms with Crippen LogP contribution in [-0.4, -0.2) is 29.7 Å². The molecule has 0 unspecified atom stereocenters. The van der Waals surface area contributed by atoms with Gasteiger partial charge in [0.15, 0.2) is 0 Å². The SMILES string of the molecule is CC(=O)CC(=O)Oc1cccc(CN2CCCC2)c1. The predicted octanol–water partition coefficient (Wildman–Crippen LogP) is 2.17. The minimum Gasteiger partial charge on any atom is -0.426 e. The number of carbonyl (C=O) groups is 2. The molecule has 0 spiro atoms. The van der Waals surface area contributed by atoms with Crippen LogP contribution in [0.1, 0.15) is 31.7 Å². The Hall–Kier alpha value is -1.68. The number of rotatable bonds is 5. The largest absolute Gasteiger partial charge is 0.426 e. The molecule has 19 heavy (non-hydrogen) atoms. The number of ketones is 1. The van der Waals surface area contributed by atoms with E-state index in [1.165, 1.54) is 19.8 Å². The zero-order valence-electron chi connectivity index (χ0n) is 11.2. The summed E-state index contributed by atoms with van der Waals surface area (Å²) in [6.07, 6.45) is 2.34. The molecule has 0 aromatic heterocycles. The van der Waals surface area contributed by atoms with E-state index in [0.717, 1.165) is 25.2 Å². The molecule has 1 fully saturated rings. The summed E-state index contributed by atoms with van der Waals surface area (Å²) in [5, 5.41) is 0. The van der Waals surface area contributed by atoms with Gasteiger partial charge in [0.05, 0.1) is 0 Å². The molecule has 2 rings (SSSR count). The normalized spacial score (nSPS) is 15.4. The zero-order valence-corrected chi connectivity index (χ0v) is 11.2. The van der Waals surface area contributed by atoms with E-state index in [2.05, 4.69) is 4.90 Å². The van der Waals surface area contributed by atoms with Crippen LogP contribution in [0.15, 0.2) is 24.3 Å². The molecule has 0 saturated carbocycles. The van der Waals surface area contributed by atoms with Crippen molar-refractivity contribution in [2.45, 2.75) is 32.7 Å². The molecule has 0 atom stereocenters. The van der Waals surface area contributed by atoms with Crippen molar-refractivity contribution in [3.8, 4) is 5.75 Å². The average molecular weight is 261 g/mol. The number of benzene rings is 1. The number of Topliss-reactive ketones (excluding diaryl/α,β-unsaturated/α-hetero) is 1. The Kier molecular flexibility index (Phi) is 4.68. The molecule has 1 saturated heterocycles. The highest BCUT2D eigenvalue weighted by Crippen LogP contribution is 2.18. The van der Waals surface area contributed by atoms with E-state index in [4.69, 9.17) is 4.74 Å². The molecule has 1 aromatic carbocycles. The average Bonchev–Trinajstić information content (AvgIpc) is 2.81. The van der Waals surface area contributed by atoms with Crippen molar-refractivity contribution >= 4 is 11.8 Å². The van der Waals surface area contributed by atoms with E-state index in [1.807, 2.05) is 18.2 Å². The van der Waals surface area contributed by atoms with Crippen molar-refractivity contribution in [1.82, 2.24) is 4.90 Å². The number of hydrogen-bond donors (Lipinski definition) is 0. The number of ether oxygens (including phenoxy) is 1. The van der Waals surface area contributed by atoms with Crippen LogP contribution in [-0.2, 0) is 16.1 Å². The van der Waals surface area contributed by atoms with Crippen LogP contribution >= 0.6 is 0 Å². The third-order valence-electron chi connectivity index (χ3n) is 3.13. The van der Waals surface area contributed by atoms with Crippen LogP contribution in [0.2, 0.25) is 0 Å². The summed E-state index contributed by atoms with van der Waals surface area (Å²) in [5.74, 6) is -0.160. The Morgan fingerprint density at radius 2 is 2.00 bits per heavy atom. The van der Waals surface area contributed by atoms with Gasteiger partial charge in [0, 0.05) is 6.54 Å². The van der Waals surface area contributed by atoms with E-state index < -0.39 is 5.97 Å². The fourth-order valence-corrected chi connectivity index (χ4v) is 2.28. The van der Waals surface area contributed by atoms with Crippen molar-refractivity contribution in [1.29, 1.82) is 0 Å². The summed E-state index contributed by atoms with van der Waals surface area (Å²) in [5.41, 5.74) is 1.13. The summed E-state index contributed by atoms with van der Waals surface area (Å²) in [7, 11) is 0. The van der Waals surface area contributed by atoms with E-state index in [-0.39, 0.29) is 12.2 Å². The van der Waals surface area contributed by atoms with Gasteiger partial charge in [-0.15, -0.1) is 0 Å². The fraction of sp³-hybridized carbons (Fsp3) is 0.467. The molecule has 1 aromatic rings. The van der Waals surface area contributed by atoms with Gasteiger partial charge in [0.25, 0.3) is 0 Å². The Bertz CT molecular complexity index is 464. The molecule has 0 bridgehead atoms. The first-order valence-electron chi connectivity index (χ1n) is 6.65. The maximum Gasteiger partial charge on any atom is 0.318 e. The first kappa shape index (κ1) is 13.7. The summed E-state index contributed by atoms with van der Waals surface area (Å²) in [6.45, 7) is 4.53. The van der Waals surface area contributed by atoms with Crippen molar-refractivity contribution in [3.63, 3.8) is 0 Å². The molecule has 102 valence electrons. The standard InChI is InChI=1S/C15H19NO3/c1-12(17)9-15(18)19-14-6-4-5-13(10-14)11-16-7-2-3-8-16/h4-6,10H,2-3,7-9,11H2,1H3. The van der Waals surface area contributed by atoms with Gasteiger partial charge in [-0.1, -0.05) is 12.1 Å². The van der Waals surface area contributed by atoms with Crippen LogP contribution in [0.3, 0.4) is 0 Å². The fourth-order valence-electron chi connectivity index (χ4n) is 2.28. The van der Waals surface area contributed by atoms with Gasteiger partial charge in [-0.2, -0.15) is 0 Å². The monoisotopic (exact) mass is 261 g/mol. The highest BCUT2D eigenvalue weighted by Gasteiger charge is 2.13. The Morgan fingerprint density at radius 3 is 2.68 bits per heavy atom. The highest BCUT2D eigenvalue weighted by molar-refractivity contribution is 5.94. The molecule has 0 amide bonds. The lowest BCUT2D eigenvalue weighted by Crippen LogP contribution is -2.18. The highest BCUT2D eigenvalue weighted by atomic mass is 16.5. The molecule has 1 heterocycles. The second-order valence-corrected chi connectivity index (χ2v) is 4.98. The second kappa shape index (κ2) is 6.48. The van der Waals surface area contributed by atoms with Gasteiger partial charge < -0.3 is 4.74 Å². The molecule has 0 N–H and O–H groups in total. The van der Waals surface area contributed by atoms with Gasteiger partial charge in [-0.3, -0.25) is 14.5 Å². The Balaban J connectivity index is 1.94. The van der Waals surface area contributed by atoms with Crippen molar-refractivity contribution in [2.24, 2.45) is 0 Å². The number of carbonyl (C=O) groups excluding carboxylic acids is 2. The molecule has 0 aliphatic carbocycles. The van der Waals surface area contributed by atoms with Gasteiger partial charge in [0.1, 0.15) is 18.0 Å². The van der Waals surface area contributed by atoms with Crippen LogP contribution in [0.25, 0.3) is 0 Å². The summed E-state index contributed by atoms with van der Waals surface area (Å²) >= 11 is 0. The van der Waals surface area contributed by atoms with Crippen LogP contribution in [0, 0.1) is 0 Å². The van der Waals surface area contributed by atoms with Gasteiger partial charge >= 0.3 is 5.97 Å². The predicted molar refractivity (Wildman–Crippen MR) is 71.9 cm³/mol. The number of hydrogen-bond acceptors (Lipinski definition) is 4. The lowest BCUT2D eigenvalue weighted by Gasteiger charge is -2.15. The smallest absolute Gasteiger partial charge is 0.318 e. The maximum atomic E-state index is 11.4. The Morgan fingerprint density at radius 1 is 1.26 bits per heavy atom. The van der Waals surface area contributed by atoms with Crippen molar-refractivity contribution in [3.05, 3.63) is 29.8 Å². The van der Waals surface area contributed by atoms with E-state index in [9.17, 15) is 9.59 Å². The van der Waals surface area contributed by atoms with E-state index >= 15 is 0 Å². The molecule has 1 aliphatic heterocycles. The number of likely N-dealkylation sites (tertiary alicyclic amines) is 1. The third kappa shape index (κ3) is 4.48. The quantitative estimate of drug-likeness (QED) is 0.463. The summed E-state index contributed by atoms with van der Waals surface area (Å²) in [4.78, 5) is 24.6. The number of nitrogens with zero attached hydrogens (tertiary/aromatic N) is 1. The van der Waals surface area contributed by atoms with Crippen molar-refractivity contribution < 1.29 is 14.3 Å². The second-order valence-electron chi connectivity index (χ2n) is 4.98. The summed E-state index contributed by atoms with van der Waals surface area (Å²) in [6, 6.07) is 7.52. The lowest BCUT2D eigenvalue weighted by molar-refractivity contribution is -0.137. The molecule has 0 radical (unpaired) electrons. The molecule has 1 aliphatic rings. The minimum absolute atomic E-state index is 0.170. The third-order valence-corrected chi connectivity index (χ3v) is 3.13. The zero-order chi connectivity index (χ0) is 13.7. The van der Waals surface area contributed by atoms with Gasteiger partial charge in [0.2, 0.25) is 0 Å². The van der Waals surface area contributed by atoms with Gasteiger partial charge in [-0.05, 0) is 50.6 Å². The first-order valence-corrected chi connectivity index (χ1v) is 6.65. The van der Waals surface area contributed by atoms with Crippen molar-refractivity contribution in [2.75, 3.05) is 13.1 Å². The molecular formula is C15H19NO3. The van der Waals surface area contributed by atoms with Crippen LogP contribution in [0.4, 0.5) is 0 Å². The van der Waals surface area contributed by atoms with Crippen LogP contribution in [0.5, 0.6) is 5.75 Å². The maximum absolute atomic E-state index is 11.4. The topological polar surface area (TPSA) is 46.6 Å². The molecule has 4 nitrogen and oxygen atoms in total. The van der Waals surface area contributed by atoms with E-state index in [1.54, 1.807) is 6.07 Å². The van der Waals surface area contributed by atoms with Gasteiger partial charge in [-0.25, -0.2) is 0 Å². The molecule has 4 heteroatoms. The van der Waals surface area contributed by atoms with Crippen LogP contribution < -0.4 is 4.74 Å². The number of esters is 1. The first-order chi connectivity index (χ1) is 9.13. The lowest BCUT2D eigenvalue weighted by atomic mass is 10.2. The molecular weight excluding hydrogens is 242 g/mol.